The SMILES string of the molecule is BB(CCCCC)SB(C)I. The molecule has 0 saturated heterocycles. The minimum atomic E-state index is 0.768. The van der Waals surface area contributed by atoms with Crippen molar-refractivity contribution in [3.63, 3.8) is 0 Å². The van der Waals surface area contributed by atoms with E-state index in [-0.39, 0.29) is 0 Å². The Hall–Kier alpha value is 1.27. The predicted molar refractivity (Wildman–Crippen MR) is 71.9 cm³/mol. The molecule has 0 aliphatic rings. The summed E-state index contributed by atoms with van der Waals surface area (Å²) in [6.45, 7) is 4.53. The third kappa shape index (κ3) is 9.19. The van der Waals surface area contributed by atoms with Gasteiger partial charge in [0, 0.05) is 0 Å². The molecular weight excluding hydrogens is 263 g/mol. The average Bonchev–Trinajstić information content (AvgIpc) is 1.86. The second-order valence-corrected chi connectivity index (χ2v) is 7.48. The summed E-state index contributed by atoms with van der Waals surface area (Å²) in [5.74, 6) is 0.855. The second kappa shape index (κ2) is 7.90. The van der Waals surface area contributed by atoms with Crippen LogP contribution in [-0.2, 0) is 0 Å². The first-order valence-corrected chi connectivity index (χ1v) is 6.65. The van der Waals surface area contributed by atoms with E-state index < -0.39 is 0 Å². The smallest absolute Gasteiger partial charge is 0.252 e. The molecule has 0 unspecified atom stereocenters. The van der Waals surface area contributed by atoms with E-state index in [4.69, 9.17) is 0 Å². The zero-order valence-corrected chi connectivity index (χ0v) is 10.7. The van der Waals surface area contributed by atoms with Crippen LogP contribution in [0.3, 0.4) is 0 Å². The summed E-state index contributed by atoms with van der Waals surface area (Å²) in [6, 6.07) is 0. The summed E-state index contributed by atoms with van der Waals surface area (Å²) in [5, 5.41) is 0. The van der Waals surface area contributed by atoms with Gasteiger partial charge in [0.1, 0.15) is 0 Å². The van der Waals surface area contributed by atoms with Crippen LogP contribution in [-0.4, -0.2) is 17.5 Å². The standard InChI is InChI=1S/C6H16B3IS/c1-3-4-5-6-9(7)11-8(2)10/h3-7H2,1-2H3. The third-order valence-corrected chi connectivity index (χ3v) is 3.59. The van der Waals surface area contributed by atoms with Crippen molar-refractivity contribution >= 4 is 51.3 Å². The minimum Gasteiger partial charge on any atom is -0.252 e. The Labute approximate surface area is 90.3 Å². The first-order chi connectivity index (χ1) is 5.16. The first kappa shape index (κ1) is 12.3. The van der Waals surface area contributed by atoms with Crippen LogP contribution < -0.4 is 0 Å². The number of halogens is 1. The zero-order chi connectivity index (χ0) is 8.69. The van der Waals surface area contributed by atoms with Gasteiger partial charge in [0.25, 0.3) is 3.85 Å². The summed E-state index contributed by atoms with van der Waals surface area (Å²) < 4.78 is 0.768. The molecule has 0 bridgehead atoms. The van der Waals surface area contributed by atoms with Crippen LogP contribution in [0, 0.1) is 0 Å². The van der Waals surface area contributed by atoms with Crippen LogP contribution in [0.4, 0.5) is 0 Å². The van der Waals surface area contributed by atoms with Gasteiger partial charge >= 0.3 is 0 Å². The zero-order valence-electron chi connectivity index (χ0n) is 7.77. The van der Waals surface area contributed by atoms with Crippen molar-refractivity contribution in [3.05, 3.63) is 0 Å². The van der Waals surface area contributed by atoms with Crippen molar-refractivity contribution in [3.8, 4) is 0 Å². The summed E-state index contributed by atoms with van der Waals surface area (Å²) in [7, 11) is 2.34. The van der Waals surface area contributed by atoms with E-state index in [9.17, 15) is 0 Å². The van der Waals surface area contributed by atoms with E-state index >= 15 is 0 Å². The van der Waals surface area contributed by atoms with Crippen molar-refractivity contribution in [2.24, 2.45) is 0 Å². The molecule has 0 aromatic carbocycles. The van der Waals surface area contributed by atoms with Crippen LogP contribution in [0.15, 0.2) is 0 Å². The molecule has 0 N–H and O–H groups in total. The highest BCUT2D eigenvalue weighted by Crippen LogP contribution is 2.18. The molecule has 0 fully saturated rings. The van der Waals surface area contributed by atoms with Gasteiger partial charge < -0.3 is 0 Å². The number of rotatable bonds is 6. The summed E-state index contributed by atoms with van der Waals surface area (Å²) in [5.41, 5.74) is 0. The summed E-state index contributed by atoms with van der Waals surface area (Å²) in [4.78, 5) is 0. The van der Waals surface area contributed by atoms with Crippen molar-refractivity contribution < 1.29 is 0 Å². The van der Waals surface area contributed by atoms with Crippen LogP contribution in [0.5, 0.6) is 0 Å². The van der Waals surface area contributed by atoms with Crippen LogP contribution in [0.25, 0.3) is 0 Å². The van der Waals surface area contributed by atoms with Crippen molar-refractivity contribution in [1.82, 2.24) is 0 Å². The Morgan fingerprint density at radius 1 is 1.45 bits per heavy atom. The summed E-state index contributed by atoms with van der Waals surface area (Å²) >= 11 is 4.57. The molecule has 0 heterocycles. The van der Waals surface area contributed by atoms with Gasteiger partial charge in [0.05, 0.1) is 7.74 Å². The Morgan fingerprint density at radius 2 is 2.09 bits per heavy atom. The lowest BCUT2D eigenvalue weighted by atomic mass is 9.50. The molecule has 0 aliphatic heterocycles. The summed E-state index contributed by atoms with van der Waals surface area (Å²) in [6.07, 6.45) is 5.55. The fourth-order valence-electron chi connectivity index (χ4n) is 1.07. The van der Waals surface area contributed by atoms with Crippen molar-refractivity contribution in [1.29, 1.82) is 0 Å². The highest BCUT2D eigenvalue weighted by molar-refractivity contribution is 14.1. The molecule has 11 heavy (non-hydrogen) atoms. The molecule has 0 nitrogen and oxygen atoms in total. The van der Waals surface area contributed by atoms with Gasteiger partial charge in [-0.3, -0.25) is 11.5 Å². The van der Waals surface area contributed by atoms with E-state index in [0.717, 1.165) is 9.73 Å². The van der Waals surface area contributed by atoms with E-state index in [1.54, 1.807) is 0 Å². The molecule has 5 heteroatoms. The predicted octanol–water partition coefficient (Wildman–Crippen LogP) is 2.58. The first-order valence-electron chi connectivity index (χ1n) is 4.46. The lowest BCUT2D eigenvalue weighted by Gasteiger charge is -2.07. The monoisotopic (exact) mass is 280 g/mol. The molecule has 0 rings (SSSR count). The Morgan fingerprint density at radius 3 is 2.55 bits per heavy atom. The maximum Gasteiger partial charge on any atom is 0.267 e. The average molecular weight is 280 g/mol. The normalized spacial score (nSPS) is 9.73. The lowest BCUT2D eigenvalue weighted by Crippen LogP contribution is -2.11. The van der Waals surface area contributed by atoms with Crippen LogP contribution in [0.2, 0.25) is 13.1 Å². The molecular formula is C6H16B3IS. The fourth-order valence-corrected chi connectivity index (χ4v) is 3.52. The van der Waals surface area contributed by atoms with Gasteiger partial charge in [0.15, 0.2) is 5.88 Å². The van der Waals surface area contributed by atoms with Crippen LogP contribution >= 0.6 is 33.8 Å². The third-order valence-electron chi connectivity index (χ3n) is 1.63. The molecule has 0 aromatic rings. The van der Waals surface area contributed by atoms with Gasteiger partial charge in [-0.25, -0.2) is 0 Å². The maximum absolute atomic E-state index is 2.48. The van der Waals surface area contributed by atoms with E-state index in [1.165, 1.54) is 25.6 Å². The van der Waals surface area contributed by atoms with Gasteiger partial charge in [-0.1, -0.05) is 39.3 Å². The molecule has 0 aromatic heterocycles. The van der Waals surface area contributed by atoms with Gasteiger partial charge in [-0.2, -0.15) is 0 Å². The molecule has 62 valence electrons. The molecule has 0 spiro atoms. The van der Waals surface area contributed by atoms with Gasteiger partial charge in [-0.15, -0.1) is 22.4 Å². The topological polar surface area (TPSA) is 0 Å². The molecule has 0 amide bonds. The van der Waals surface area contributed by atoms with Crippen LogP contribution in [0.1, 0.15) is 26.2 Å². The number of hydrogen-bond acceptors (Lipinski definition) is 1. The van der Waals surface area contributed by atoms with Gasteiger partial charge in [0.2, 0.25) is 0 Å². The molecule has 0 radical (unpaired) electrons. The maximum atomic E-state index is 2.48. The Kier molecular flexibility index (Phi) is 8.82. The highest BCUT2D eigenvalue weighted by Gasteiger charge is 2.11. The molecule has 0 saturated carbocycles. The fraction of sp³-hybridized carbons (Fsp3) is 1.00. The van der Waals surface area contributed by atoms with Crippen molar-refractivity contribution in [2.45, 2.75) is 39.3 Å². The largest absolute Gasteiger partial charge is 0.267 e. The lowest BCUT2D eigenvalue weighted by molar-refractivity contribution is 0.770. The van der Waals surface area contributed by atoms with Gasteiger partial charge in [-0.05, 0) is 0 Å². The Bertz CT molecular complexity index is 91.9. The van der Waals surface area contributed by atoms with E-state index in [1.807, 2.05) is 0 Å². The second-order valence-electron chi connectivity index (χ2n) is 2.99. The van der Waals surface area contributed by atoms with E-state index in [2.05, 4.69) is 55.3 Å². The van der Waals surface area contributed by atoms with E-state index in [0.29, 0.717) is 0 Å². The molecule has 0 atom stereocenters. The minimum absolute atomic E-state index is 0.768. The molecule has 0 aliphatic carbocycles. The van der Waals surface area contributed by atoms with Crippen molar-refractivity contribution in [2.75, 3.05) is 0 Å². The highest BCUT2D eigenvalue weighted by atomic mass is 127. The number of hydrogen-bond donors (Lipinski definition) is 0. The quantitative estimate of drug-likeness (QED) is 0.409. The Balaban J connectivity index is 3.15. The number of unbranched alkanes of at least 4 members (excludes halogenated alkanes) is 2.